The van der Waals surface area contributed by atoms with Crippen molar-refractivity contribution in [1.82, 2.24) is 19.6 Å². The fourth-order valence-electron chi connectivity index (χ4n) is 2.37. The molecule has 0 atom stereocenters. The molecule has 0 bridgehead atoms. The number of aryl methyl sites for hydroxylation is 1. The number of furan rings is 1. The van der Waals surface area contributed by atoms with Crippen LogP contribution in [0.4, 0.5) is 5.82 Å². The Labute approximate surface area is 126 Å². The molecule has 0 saturated carbocycles. The number of hydrogen-bond donors (Lipinski definition) is 1. The summed E-state index contributed by atoms with van der Waals surface area (Å²) in [5.74, 6) is 1.42. The van der Waals surface area contributed by atoms with Crippen molar-refractivity contribution in [3.63, 3.8) is 0 Å². The number of nitrogens with zero attached hydrogens (tertiary/aromatic N) is 4. The molecule has 0 aliphatic rings. The van der Waals surface area contributed by atoms with E-state index in [9.17, 15) is 0 Å². The molecular formula is C16H13N5O. The van der Waals surface area contributed by atoms with E-state index in [1.807, 2.05) is 31.3 Å². The van der Waals surface area contributed by atoms with Crippen LogP contribution in [0, 0.1) is 6.92 Å². The molecule has 6 heteroatoms. The summed E-state index contributed by atoms with van der Waals surface area (Å²) < 4.78 is 6.96. The van der Waals surface area contributed by atoms with Crippen molar-refractivity contribution in [2.45, 2.75) is 6.92 Å². The van der Waals surface area contributed by atoms with Crippen molar-refractivity contribution in [3.05, 3.63) is 54.4 Å². The molecule has 0 aliphatic heterocycles. The molecule has 108 valence electrons. The normalized spacial score (nSPS) is 11.1. The van der Waals surface area contributed by atoms with Crippen LogP contribution in [0.25, 0.3) is 28.5 Å². The van der Waals surface area contributed by atoms with E-state index in [1.54, 1.807) is 22.9 Å². The largest absolute Gasteiger partial charge is 0.461 e. The predicted octanol–water partition coefficient (Wildman–Crippen LogP) is 2.94. The van der Waals surface area contributed by atoms with Gasteiger partial charge >= 0.3 is 0 Å². The first-order valence-corrected chi connectivity index (χ1v) is 6.84. The number of anilines is 1. The minimum absolute atomic E-state index is 0.337. The minimum atomic E-state index is 0.337. The summed E-state index contributed by atoms with van der Waals surface area (Å²) in [7, 11) is 0. The van der Waals surface area contributed by atoms with Crippen LogP contribution in [0.3, 0.4) is 0 Å². The molecular weight excluding hydrogens is 278 g/mol. The number of aromatic nitrogens is 4. The average Bonchev–Trinajstić information content (AvgIpc) is 3.16. The molecule has 3 heterocycles. The number of rotatable bonds is 2. The Balaban J connectivity index is 1.89. The lowest BCUT2D eigenvalue weighted by Gasteiger charge is -2.04. The van der Waals surface area contributed by atoms with Crippen molar-refractivity contribution >= 4 is 11.5 Å². The van der Waals surface area contributed by atoms with E-state index < -0.39 is 0 Å². The zero-order valence-corrected chi connectivity index (χ0v) is 11.9. The molecule has 0 radical (unpaired) electrons. The summed E-state index contributed by atoms with van der Waals surface area (Å²) in [5, 5.41) is 4.42. The molecule has 4 rings (SSSR count). The number of nitrogen functional groups attached to an aromatic ring is 1. The van der Waals surface area contributed by atoms with Gasteiger partial charge in [-0.15, -0.1) is 5.10 Å². The SMILES string of the molecule is Cc1cccc(-c2cn3nc(-c4ccco4)nc3c(N)n2)c1. The van der Waals surface area contributed by atoms with E-state index in [4.69, 9.17) is 10.2 Å². The maximum absolute atomic E-state index is 6.03. The lowest BCUT2D eigenvalue weighted by atomic mass is 10.1. The highest BCUT2D eigenvalue weighted by Crippen LogP contribution is 2.23. The summed E-state index contributed by atoms with van der Waals surface area (Å²) in [6.07, 6.45) is 3.40. The van der Waals surface area contributed by atoms with Gasteiger partial charge in [-0.3, -0.25) is 0 Å². The van der Waals surface area contributed by atoms with E-state index in [0.29, 0.717) is 23.0 Å². The average molecular weight is 291 g/mol. The van der Waals surface area contributed by atoms with E-state index in [-0.39, 0.29) is 0 Å². The molecule has 6 nitrogen and oxygen atoms in total. The molecule has 0 saturated heterocycles. The molecule has 0 aliphatic carbocycles. The maximum Gasteiger partial charge on any atom is 0.218 e. The molecule has 1 aromatic carbocycles. The topological polar surface area (TPSA) is 82.2 Å². The Hall–Kier alpha value is -3.15. The molecule has 0 spiro atoms. The highest BCUT2D eigenvalue weighted by Gasteiger charge is 2.13. The van der Waals surface area contributed by atoms with Gasteiger partial charge in [0.1, 0.15) is 0 Å². The van der Waals surface area contributed by atoms with Crippen molar-refractivity contribution in [1.29, 1.82) is 0 Å². The van der Waals surface area contributed by atoms with Crippen LogP contribution in [0.15, 0.2) is 53.3 Å². The van der Waals surface area contributed by atoms with E-state index >= 15 is 0 Å². The third kappa shape index (κ3) is 2.01. The van der Waals surface area contributed by atoms with Crippen LogP contribution in [-0.4, -0.2) is 19.6 Å². The van der Waals surface area contributed by atoms with Gasteiger partial charge in [0, 0.05) is 5.56 Å². The van der Waals surface area contributed by atoms with E-state index in [1.165, 1.54) is 0 Å². The molecule has 0 unspecified atom stereocenters. The van der Waals surface area contributed by atoms with Gasteiger partial charge in [0.25, 0.3) is 0 Å². The van der Waals surface area contributed by atoms with Crippen molar-refractivity contribution in [3.8, 4) is 22.8 Å². The van der Waals surface area contributed by atoms with Crippen LogP contribution in [0.2, 0.25) is 0 Å². The monoisotopic (exact) mass is 291 g/mol. The van der Waals surface area contributed by atoms with Crippen LogP contribution in [0.5, 0.6) is 0 Å². The third-order valence-corrected chi connectivity index (χ3v) is 3.40. The van der Waals surface area contributed by atoms with Crippen LogP contribution in [-0.2, 0) is 0 Å². The molecule has 22 heavy (non-hydrogen) atoms. The minimum Gasteiger partial charge on any atom is -0.461 e. The first-order valence-electron chi connectivity index (χ1n) is 6.84. The molecule has 0 amide bonds. The smallest absolute Gasteiger partial charge is 0.218 e. The fourth-order valence-corrected chi connectivity index (χ4v) is 2.37. The summed E-state index contributed by atoms with van der Waals surface area (Å²) in [6, 6.07) is 11.7. The molecule has 0 fully saturated rings. The van der Waals surface area contributed by atoms with Crippen molar-refractivity contribution < 1.29 is 4.42 Å². The lowest BCUT2D eigenvalue weighted by Crippen LogP contribution is -1.99. The summed E-state index contributed by atoms with van der Waals surface area (Å²) >= 11 is 0. The van der Waals surface area contributed by atoms with Crippen LogP contribution in [0.1, 0.15) is 5.56 Å². The van der Waals surface area contributed by atoms with E-state index in [2.05, 4.69) is 21.1 Å². The first kappa shape index (κ1) is 12.6. The Bertz CT molecular complexity index is 956. The Morgan fingerprint density at radius 2 is 2.05 bits per heavy atom. The number of fused-ring (bicyclic) bond motifs is 1. The second-order valence-corrected chi connectivity index (χ2v) is 5.06. The highest BCUT2D eigenvalue weighted by molar-refractivity contribution is 5.69. The van der Waals surface area contributed by atoms with Crippen molar-refractivity contribution in [2.75, 3.05) is 5.73 Å². The molecule has 4 aromatic rings. The highest BCUT2D eigenvalue weighted by atomic mass is 16.3. The van der Waals surface area contributed by atoms with Gasteiger partial charge in [0.05, 0.1) is 18.2 Å². The van der Waals surface area contributed by atoms with Gasteiger partial charge in [-0.1, -0.05) is 23.8 Å². The Kier molecular flexibility index (Phi) is 2.69. The Morgan fingerprint density at radius 1 is 1.14 bits per heavy atom. The van der Waals surface area contributed by atoms with Gasteiger partial charge in [-0.05, 0) is 25.1 Å². The third-order valence-electron chi connectivity index (χ3n) is 3.40. The van der Waals surface area contributed by atoms with Gasteiger partial charge in [-0.25, -0.2) is 14.5 Å². The Morgan fingerprint density at radius 3 is 2.82 bits per heavy atom. The number of benzene rings is 1. The van der Waals surface area contributed by atoms with Crippen molar-refractivity contribution in [2.24, 2.45) is 0 Å². The van der Waals surface area contributed by atoms with Crippen LogP contribution >= 0.6 is 0 Å². The van der Waals surface area contributed by atoms with E-state index in [0.717, 1.165) is 16.8 Å². The number of hydrogen-bond acceptors (Lipinski definition) is 5. The van der Waals surface area contributed by atoms with Gasteiger partial charge < -0.3 is 10.2 Å². The zero-order valence-electron chi connectivity index (χ0n) is 11.9. The lowest BCUT2D eigenvalue weighted by molar-refractivity contribution is 0.577. The molecule has 2 N–H and O–H groups in total. The summed E-state index contributed by atoms with van der Waals surface area (Å²) in [6.45, 7) is 2.04. The predicted molar refractivity (Wildman–Crippen MR) is 83.1 cm³/mol. The first-order chi connectivity index (χ1) is 10.7. The second kappa shape index (κ2) is 4.70. The van der Waals surface area contributed by atoms with Gasteiger partial charge in [-0.2, -0.15) is 0 Å². The zero-order chi connectivity index (χ0) is 15.1. The van der Waals surface area contributed by atoms with Gasteiger partial charge in [0.15, 0.2) is 17.2 Å². The molecule has 3 aromatic heterocycles. The van der Waals surface area contributed by atoms with Gasteiger partial charge in [0.2, 0.25) is 5.82 Å². The van der Waals surface area contributed by atoms with Crippen LogP contribution < -0.4 is 5.73 Å². The quantitative estimate of drug-likeness (QED) is 0.614. The standard InChI is InChI=1S/C16H13N5O/c1-10-4-2-5-11(8-10)12-9-21-16(14(17)18-12)19-15(20-21)13-6-3-7-22-13/h2-9H,1H3,(H2,17,18). The number of nitrogens with two attached hydrogens (primary N) is 1. The fraction of sp³-hybridized carbons (Fsp3) is 0.0625. The summed E-state index contributed by atoms with van der Waals surface area (Å²) in [5.41, 5.74) is 9.45. The maximum atomic E-state index is 6.03. The summed E-state index contributed by atoms with van der Waals surface area (Å²) in [4.78, 5) is 8.81. The second-order valence-electron chi connectivity index (χ2n) is 5.06.